The molecule has 2 aliphatic rings. The lowest BCUT2D eigenvalue weighted by molar-refractivity contribution is -0.0856. The second-order valence-corrected chi connectivity index (χ2v) is 7.86. The molecule has 8 nitrogen and oxygen atoms in total. The molecule has 2 saturated heterocycles. The van der Waals surface area contributed by atoms with Crippen LogP contribution in [0.4, 0.5) is 0 Å². The molecule has 5 rings (SSSR count). The Morgan fingerprint density at radius 2 is 2.07 bits per heavy atom. The molecule has 2 aliphatic heterocycles. The number of pyridine rings is 2. The van der Waals surface area contributed by atoms with Gasteiger partial charge in [-0.3, -0.25) is 14.6 Å². The number of amides is 2. The van der Waals surface area contributed by atoms with E-state index in [0.717, 1.165) is 10.9 Å². The number of piperidine rings is 1. The fourth-order valence-electron chi connectivity index (χ4n) is 4.29. The largest absolute Gasteiger partial charge is 0.374 e. The maximum atomic E-state index is 13.3. The molecular weight excluding hydrogens is 382 g/mol. The van der Waals surface area contributed by atoms with E-state index in [9.17, 15) is 9.59 Å². The number of morpholine rings is 1. The van der Waals surface area contributed by atoms with Crippen LogP contribution in [0.3, 0.4) is 0 Å². The average molecular weight is 405 g/mol. The quantitative estimate of drug-likeness (QED) is 0.704. The van der Waals surface area contributed by atoms with E-state index in [1.807, 2.05) is 36.1 Å². The van der Waals surface area contributed by atoms with Crippen LogP contribution in [0.25, 0.3) is 11.0 Å². The molecule has 1 N–H and O–H groups in total. The van der Waals surface area contributed by atoms with Gasteiger partial charge in [0.1, 0.15) is 17.0 Å². The van der Waals surface area contributed by atoms with Gasteiger partial charge in [0.25, 0.3) is 11.8 Å². The van der Waals surface area contributed by atoms with Crippen molar-refractivity contribution in [2.75, 3.05) is 26.2 Å². The second kappa shape index (κ2) is 7.53. The smallest absolute Gasteiger partial charge is 0.272 e. The molecule has 0 aromatic carbocycles. The predicted molar refractivity (Wildman–Crippen MR) is 110 cm³/mol. The second-order valence-electron chi connectivity index (χ2n) is 7.86. The number of carbonyl (C=O) groups is 2. The summed E-state index contributed by atoms with van der Waals surface area (Å²) in [5.41, 5.74) is 2.63. The number of nitrogens with zero attached hydrogens (tertiary/aromatic N) is 4. The first-order chi connectivity index (χ1) is 14.6. The van der Waals surface area contributed by atoms with Gasteiger partial charge in [-0.05, 0) is 43.2 Å². The molecule has 0 spiro atoms. The van der Waals surface area contributed by atoms with Gasteiger partial charge in [-0.1, -0.05) is 6.07 Å². The molecule has 8 heteroatoms. The topological polar surface area (TPSA) is 91.4 Å². The van der Waals surface area contributed by atoms with E-state index in [1.165, 1.54) is 0 Å². The molecule has 0 bridgehead atoms. The zero-order valence-corrected chi connectivity index (χ0v) is 16.7. The van der Waals surface area contributed by atoms with Crippen molar-refractivity contribution in [2.24, 2.45) is 0 Å². The number of ether oxygens (including phenoxy) is 1. The molecule has 0 saturated carbocycles. The first-order valence-corrected chi connectivity index (χ1v) is 10.2. The number of likely N-dealkylation sites (tertiary alicyclic amines) is 1. The van der Waals surface area contributed by atoms with E-state index in [1.54, 1.807) is 23.4 Å². The number of rotatable bonds is 2. The van der Waals surface area contributed by atoms with Gasteiger partial charge in [0.05, 0.1) is 18.8 Å². The Balaban J connectivity index is 1.38. The standard InChI is InChI=1S/C22H23N5O3/c1-14-4-5-16(24-12-14)21(28)26-8-6-19-18(13-26)27(9-10-30-19)22(29)17-11-15-3-2-7-23-20(15)25-17/h2-5,7,11-12,18-19H,6,8-10,13H2,1H3,(H,23,25)/t18-,19-/m0/s1. The highest BCUT2D eigenvalue weighted by atomic mass is 16.5. The van der Waals surface area contributed by atoms with Gasteiger partial charge in [0.2, 0.25) is 0 Å². The van der Waals surface area contributed by atoms with Gasteiger partial charge in [0.15, 0.2) is 0 Å². The highest BCUT2D eigenvalue weighted by molar-refractivity contribution is 5.97. The Morgan fingerprint density at radius 1 is 1.17 bits per heavy atom. The number of aromatic nitrogens is 3. The minimum absolute atomic E-state index is 0.0692. The van der Waals surface area contributed by atoms with Crippen molar-refractivity contribution >= 4 is 22.8 Å². The van der Waals surface area contributed by atoms with E-state index >= 15 is 0 Å². The van der Waals surface area contributed by atoms with Crippen LogP contribution in [0, 0.1) is 6.92 Å². The lowest BCUT2D eigenvalue weighted by Gasteiger charge is -2.46. The van der Waals surface area contributed by atoms with E-state index in [-0.39, 0.29) is 24.0 Å². The number of fused-ring (bicyclic) bond motifs is 2. The molecule has 154 valence electrons. The van der Waals surface area contributed by atoms with Crippen molar-refractivity contribution in [3.63, 3.8) is 0 Å². The molecule has 0 radical (unpaired) electrons. The summed E-state index contributed by atoms with van der Waals surface area (Å²) >= 11 is 0. The maximum Gasteiger partial charge on any atom is 0.272 e. The molecule has 0 aliphatic carbocycles. The summed E-state index contributed by atoms with van der Waals surface area (Å²) in [6.45, 7) is 3.96. The van der Waals surface area contributed by atoms with Crippen LogP contribution in [-0.2, 0) is 4.74 Å². The average Bonchev–Trinajstić information content (AvgIpc) is 3.22. The Morgan fingerprint density at radius 3 is 2.87 bits per heavy atom. The number of aryl methyl sites for hydroxylation is 1. The third kappa shape index (κ3) is 3.33. The first-order valence-electron chi connectivity index (χ1n) is 10.2. The molecule has 3 aromatic rings. The van der Waals surface area contributed by atoms with Crippen molar-refractivity contribution in [3.8, 4) is 0 Å². The monoisotopic (exact) mass is 405 g/mol. The molecular formula is C22H23N5O3. The predicted octanol–water partition coefficient (Wildman–Crippen LogP) is 2.02. The van der Waals surface area contributed by atoms with E-state index in [4.69, 9.17) is 4.74 Å². The van der Waals surface area contributed by atoms with Crippen LogP contribution in [0.15, 0.2) is 42.7 Å². The Kier molecular flexibility index (Phi) is 4.71. The first kappa shape index (κ1) is 18.7. The van der Waals surface area contributed by atoms with Gasteiger partial charge < -0.3 is 19.5 Å². The van der Waals surface area contributed by atoms with Crippen LogP contribution in [0.2, 0.25) is 0 Å². The molecule has 2 atom stereocenters. The molecule has 30 heavy (non-hydrogen) atoms. The lowest BCUT2D eigenvalue weighted by atomic mass is 9.98. The van der Waals surface area contributed by atoms with Crippen molar-refractivity contribution in [3.05, 3.63) is 59.7 Å². The Hall–Kier alpha value is -3.26. The zero-order valence-electron chi connectivity index (χ0n) is 16.7. The minimum Gasteiger partial charge on any atom is -0.374 e. The van der Waals surface area contributed by atoms with Crippen molar-refractivity contribution in [2.45, 2.75) is 25.5 Å². The third-order valence-corrected chi connectivity index (χ3v) is 5.89. The minimum atomic E-state index is -0.186. The van der Waals surface area contributed by atoms with Crippen molar-refractivity contribution in [1.29, 1.82) is 0 Å². The van der Waals surface area contributed by atoms with E-state index < -0.39 is 0 Å². The van der Waals surface area contributed by atoms with Gasteiger partial charge in [-0.25, -0.2) is 4.98 Å². The molecule has 5 heterocycles. The van der Waals surface area contributed by atoms with Crippen molar-refractivity contribution < 1.29 is 14.3 Å². The summed E-state index contributed by atoms with van der Waals surface area (Å²) in [6.07, 6.45) is 4.02. The SMILES string of the molecule is Cc1ccc(C(=O)N2CC[C@@H]3OCCN(C(=O)c4cc5cccnc5[nH]4)[C@H]3C2)nc1. The molecule has 3 aromatic heterocycles. The lowest BCUT2D eigenvalue weighted by Crippen LogP contribution is -2.62. The number of H-pyrrole nitrogens is 1. The number of hydrogen-bond donors (Lipinski definition) is 1. The highest BCUT2D eigenvalue weighted by Gasteiger charge is 2.41. The fraction of sp³-hybridized carbons (Fsp3) is 0.364. The van der Waals surface area contributed by atoms with Gasteiger partial charge in [-0.15, -0.1) is 0 Å². The Bertz CT molecular complexity index is 1060. The Labute approximate surface area is 173 Å². The summed E-state index contributed by atoms with van der Waals surface area (Å²) in [4.78, 5) is 41.5. The van der Waals surface area contributed by atoms with Gasteiger partial charge in [0, 0.05) is 37.4 Å². The van der Waals surface area contributed by atoms with Crippen molar-refractivity contribution in [1.82, 2.24) is 24.8 Å². The van der Waals surface area contributed by atoms with E-state index in [0.29, 0.717) is 49.7 Å². The maximum absolute atomic E-state index is 13.3. The summed E-state index contributed by atoms with van der Waals surface area (Å²) in [7, 11) is 0. The normalized spacial score (nSPS) is 21.5. The highest BCUT2D eigenvalue weighted by Crippen LogP contribution is 2.26. The molecule has 2 amide bonds. The zero-order chi connectivity index (χ0) is 20.7. The summed E-state index contributed by atoms with van der Waals surface area (Å²) in [5.74, 6) is -0.199. The van der Waals surface area contributed by atoms with Crippen LogP contribution in [0.1, 0.15) is 33.0 Å². The number of carbonyl (C=O) groups excluding carboxylic acids is 2. The fourth-order valence-corrected chi connectivity index (χ4v) is 4.29. The number of hydrogen-bond acceptors (Lipinski definition) is 5. The number of nitrogens with one attached hydrogen (secondary N) is 1. The third-order valence-electron chi connectivity index (χ3n) is 5.89. The molecule has 2 fully saturated rings. The van der Waals surface area contributed by atoms with Gasteiger partial charge >= 0.3 is 0 Å². The summed E-state index contributed by atoms with van der Waals surface area (Å²) < 4.78 is 5.94. The van der Waals surface area contributed by atoms with Crippen LogP contribution in [-0.4, -0.2) is 75.0 Å². The summed E-state index contributed by atoms with van der Waals surface area (Å²) in [5, 5.41) is 0.900. The number of aromatic amines is 1. The summed E-state index contributed by atoms with van der Waals surface area (Å²) in [6, 6.07) is 9.05. The van der Waals surface area contributed by atoms with E-state index in [2.05, 4.69) is 15.0 Å². The van der Waals surface area contributed by atoms with Gasteiger partial charge in [-0.2, -0.15) is 0 Å². The molecule has 0 unspecified atom stereocenters. The van der Waals surface area contributed by atoms with Crippen LogP contribution >= 0.6 is 0 Å². The van der Waals surface area contributed by atoms with Crippen LogP contribution in [0.5, 0.6) is 0 Å². The van der Waals surface area contributed by atoms with Crippen LogP contribution < -0.4 is 0 Å².